The molecule has 2 aromatic rings. The Morgan fingerprint density at radius 3 is 1.76 bits per heavy atom. The summed E-state index contributed by atoms with van der Waals surface area (Å²) in [6, 6.07) is 1.99. The second-order valence-corrected chi connectivity index (χ2v) is 6.84. The smallest absolute Gasteiger partial charge is 0.225 e. The molecule has 2 heterocycles. The van der Waals surface area contributed by atoms with Crippen LogP contribution < -0.4 is 4.74 Å². The average molecular weight is 464 g/mol. The van der Waals surface area contributed by atoms with Crippen LogP contribution in [-0.4, -0.2) is 35.1 Å². The van der Waals surface area contributed by atoms with Gasteiger partial charge in [-0.3, -0.25) is 4.68 Å². The highest BCUT2D eigenvalue weighted by molar-refractivity contribution is 5.86. The summed E-state index contributed by atoms with van der Waals surface area (Å²) < 4.78 is 12.2. The lowest BCUT2D eigenvalue weighted by Crippen LogP contribution is -2.20. The summed E-state index contributed by atoms with van der Waals surface area (Å²) in [6.45, 7) is 18.0. The van der Waals surface area contributed by atoms with Gasteiger partial charge in [-0.25, -0.2) is 4.98 Å². The van der Waals surface area contributed by atoms with E-state index in [1.807, 2.05) is 111 Å². The maximum atomic E-state index is 6.10. The van der Waals surface area contributed by atoms with Crippen molar-refractivity contribution >= 4 is 10.9 Å². The van der Waals surface area contributed by atoms with Crippen LogP contribution in [0.15, 0.2) is 36.6 Å². The minimum Gasteiger partial charge on any atom is -0.474 e. The molecule has 1 fully saturated rings. The highest BCUT2D eigenvalue weighted by Crippen LogP contribution is 2.29. The van der Waals surface area contributed by atoms with Crippen molar-refractivity contribution in [3.8, 4) is 5.88 Å². The van der Waals surface area contributed by atoms with Gasteiger partial charge in [0.05, 0.1) is 16.6 Å². The van der Waals surface area contributed by atoms with E-state index in [0.29, 0.717) is 6.10 Å². The Balaban J connectivity index is -0.000000501. The Labute approximate surface area is 205 Å². The lowest BCUT2D eigenvalue weighted by molar-refractivity contribution is 0.151. The van der Waals surface area contributed by atoms with E-state index in [4.69, 9.17) is 4.74 Å². The van der Waals surface area contributed by atoms with Crippen LogP contribution in [0, 0.1) is 6.92 Å². The maximum Gasteiger partial charge on any atom is 0.225 e. The lowest BCUT2D eigenvalue weighted by Gasteiger charge is -2.22. The monoisotopic (exact) mass is 463 g/mol. The largest absolute Gasteiger partial charge is 0.474 e. The Morgan fingerprint density at radius 1 is 0.879 bits per heavy atom. The van der Waals surface area contributed by atoms with Crippen molar-refractivity contribution in [3.05, 3.63) is 42.3 Å². The number of pyridine rings is 1. The molecule has 1 aliphatic carbocycles. The summed E-state index contributed by atoms with van der Waals surface area (Å²) in [7, 11) is 5.21. The number of rotatable bonds is 2. The van der Waals surface area contributed by atoms with Crippen molar-refractivity contribution in [2.24, 2.45) is 7.05 Å². The summed E-state index contributed by atoms with van der Waals surface area (Å²) in [6.07, 6.45) is 16.3. The normalized spacial score (nSPS) is 12.6. The van der Waals surface area contributed by atoms with Gasteiger partial charge in [-0.05, 0) is 66.4 Å². The van der Waals surface area contributed by atoms with Crippen LogP contribution in [-0.2, 0) is 11.8 Å². The molecular weight excluding hydrogens is 410 g/mol. The van der Waals surface area contributed by atoms with Gasteiger partial charge < -0.3 is 9.47 Å². The zero-order valence-electron chi connectivity index (χ0n) is 23.7. The zero-order valence-corrected chi connectivity index (χ0v) is 23.7. The first-order chi connectivity index (χ1) is 16.0. The van der Waals surface area contributed by atoms with Gasteiger partial charge in [-0.1, -0.05) is 58.4 Å². The third-order valence-corrected chi connectivity index (χ3v) is 4.40. The van der Waals surface area contributed by atoms with Gasteiger partial charge in [-0.2, -0.15) is 5.10 Å². The third kappa shape index (κ3) is 16.2. The molecule has 0 bridgehead atoms. The van der Waals surface area contributed by atoms with Gasteiger partial charge in [-0.15, -0.1) is 0 Å². The predicted octanol–water partition coefficient (Wildman–Crippen LogP) is 8.47. The number of allylic oxidation sites excluding steroid dienone is 4. The lowest BCUT2D eigenvalue weighted by atomic mass is 9.98. The second kappa shape index (κ2) is 26.1. The van der Waals surface area contributed by atoms with E-state index in [1.54, 1.807) is 14.2 Å². The van der Waals surface area contributed by atoms with Gasteiger partial charge in [0, 0.05) is 27.5 Å². The van der Waals surface area contributed by atoms with E-state index in [-0.39, 0.29) is 0 Å². The van der Waals surface area contributed by atoms with Gasteiger partial charge in [0.25, 0.3) is 0 Å². The summed E-state index contributed by atoms with van der Waals surface area (Å²) >= 11 is 0. The number of fused-ring (bicyclic) bond motifs is 1. The van der Waals surface area contributed by atoms with E-state index < -0.39 is 0 Å². The molecule has 0 atom stereocenters. The first-order valence-electron chi connectivity index (χ1n) is 12.5. The SMILES string of the molecule is C/C=C\C.C/C=C\C.CC.CC.COC.Cc1nn(C)c2ccnc(OC3CCCCC3)c12. The van der Waals surface area contributed by atoms with E-state index >= 15 is 0 Å². The topological polar surface area (TPSA) is 49.2 Å². The molecule has 3 rings (SSSR count). The molecule has 0 saturated heterocycles. The van der Waals surface area contributed by atoms with Crippen molar-refractivity contribution in [3.63, 3.8) is 0 Å². The van der Waals surface area contributed by atoms with Crippen LogP contribution in [0.2, 0.25) is 0 Å². The molecular formula is C28H53N3O2. The molecule has 1 aliphatic rings. The van der Waals surface area contributed by atoms with Crippen molar-refractivity contribution in [1.29, 1.82) is 0 Å². The Hall–Kier alpha value is -2.14. The quantitative estimate of drug-likeness (QED) is 0.419. The molecule has 0 aliphatic heterocycles. The summed E-state index contributed by atoms with van der Waals surface area (Å²) in [4.78, 5) is 4.40. The number of ether oxygens (including phenoxy) is 2. The highest BCUT2D eigenvalue weighted by Gasteiger charge is 2.18. The summed E-state index contributed by atoms with van der Waals surface area (Å²) in [5, 5.41) is 5.50. The standard InChI is InChI=1S/C14H19N3O.2C4H8.C2H6O.2C2H6/c1-10-13-12(17(2)16-10)8-9-15-14(13)18-11-6-4-3-5-7-11;2*1-3-4-2;1-3-2;2*1-2/h8-9,11H,3-7H2,1-2H3;2*3-4H,1-2H3;1-2H3;2*1-2H3/b;2*4-3-;;;. The van der Waals surface area contributed by atoms with Crippen molar-refractivity contribution in [2.75, 3.05) is 14.2 Å². The zero-order chi connectivity index (χ0) is 26.1. The van der Waals surface area contributed by atoms with Crippen LogP contribution >= 0.6 is 0 Å². The molecule has 0 unspecified atom stereocenters. The minimum atomic E-state index is 0.330. The number of aromatic nitrogens is 3. The summed E-state index contributed by atoms with van der Waals surface area (Å²) in [5.41, 5.74) is 2.08. The predicted molar refractivity (Wildman–Crippen MR) is 147 cm³/mol. The van der Waals surface area contributed by atoms with E-state index in [2.05, 4.69) is 14.8 Å². The van der Waals surface area contributed by atoms with Gasteiger partial charge >= 0.3 is 0 Å². The molecule has 0 spiro atoms. The Bertz CT molecular complexity index is 697. The first-order valence-corrected chi connectivity index (χ1v) is 12.5. The molecule has 33 heavy (non-hydrogen) atoms. The fraction of sp³-hybridized carbons (Fsp3) is 0.643. The van der Waals surface area contributed by atoms with Crippen LogP contribution in [0.25, 0.3) is 10.9 Å². The molecule has 2 aromatic heterocycles. The maximum absolute atomic E-state index is 6.10. The number of hydrogen-bond acceptors (Lipinski definition) is 4. The highest BCUT2D eigenvalue weighted by atomic mass is 16.5. The Kier molecular flexibility index (Phi) is 28.1. The molecule has 0 aromatic carbocycles. The fourth-order valence-corrected chi connectivity index (χ4v) is 2.80. The van der Waals surface area contributed by atoms with Gasteiger partial charge in [0.2, 0.25) is 5.88 Å². The second-order valence-electron chi connectivity index (χ2n) is 6.84. The van der Waals surface area contributed by atoms with Gasteiger partial charge in [0.15, 0.2) is 0 Å². The van der Waals surface area contributed by atoms with E-state index in [9.17, 15) is 0 Å². The third-order valence-electron chi connectivity index (χ3n) is 4.40. The average Bonchev–Trinajstić information content (AvgIpc) is 3.17. The van der Waals surface area contributed by atoms with E-state index in [1.165, 1.54) is 19.3 Å². The summed E-state index contributed by atoms with van der Waals surface area (Å²) in [5.74, 6) is 0.755. The van der Waals surface area contributed by atoms with Crippen LogP contribution in [0.3, 0.4) is 0 Å². The Morgan fingerprint density at radius 2 is 1.33 bits per heavy atom. The molecule has 0 N–H and O–H groups in total. The van der Waals surface area contributed by atoms with Crippen molar-refractivity contribution in [1.82, 2.24) is 14.8 Å². The fourth-order valence-electron chi connectivity index (χ4n) is 2.80. The van der Waals surface area contributed by atoms with E-state index in [0.717, 1.165) is 35.3 Å². The van der Waals surface area contributed by atoms with Crippen LogP contribution in [0.5, 0.6) is 5.88 Å². The van der Waals surface area contributed by atoms with Crippen molar-refractivity contribution in [2.45, 2.75) is 101 Å². The van der Waals surface area contributed by atoms with Crippen molar-refractivity contribution < 1.29 is 9.47 Å². The number of methoxy groups -OCH3 is 1. The molecule has 5 heteroatoms. The first kappa shape index (κ1) is 35.4. The number of nitrogens with zero attached hydrogens (tertiary/aromatic N) is 3. The van der Waals surface area contributed by atoms with Crippen LogP contribution in [0.4, 0.5) is 0 Å². The number of aryl methyl sites for hydroxylation is 2. The molecule has 192 valence electrons. The number of hydrogen-bond donors (Lipinski definition) is 0. The molecule has 5 nitrogen and oxygen atoms in total. The van der Waals surface area contributed by atoms with Gasteiger partial charge in [0.1, 0.15) is 6.10 Å². The molecule has 0 amide bonds. The molecule has 1 saturated carbocycles. The van der Waals surface area contributed by atoms with Crippen LogP contribution in [0.1, 0.15) is 93.2 Å². The molecule has 0 radical (unpaired) electrons. The minimum absolute atomic E-state index is 0.330.